The highest BCUT2D eigenvalue weighted by Crippen LogP contribution is 2.31. The number of para-hydroxylation sites is 2. The van der Waals surface area contributed by atoms with E-state index in [-0.39, 0.29) is 17.7 Å². The van der Waals surface area contributed by atoms with Crippen molar-refractivity contribution in [1.82, 2.24) is 15.5 Å². The van der Waals surface area contributed by atoms with Crippen molar-refractivity contribution in [3.63, 3.8) is 0 Å². The zero-order valence-electron chi connectivity index (χ0n) is 14.3. The first-order valence-corrected chi connectivity index (χ1v) is 9.65. The third-order valence-corrected chi connectivity index (χ3v) is 5.40. The Morgan fingerprint density at radius 2 is 2.15 bits per heavy atom. The number of anilines is 2. The van der Waals surface area contributed by atoms with Crippen molar-refractivity contribution >= 4 is 39.8 Å². The number of carbonyl (C=O) groups excluding carboxylic acids is 1. The summed E-state index contributed by atoms with van der Waals surface area (Å²) in [4.78, 5) is 12.1. The summed E-state index contributed by atoms with van der Waals surface area (Å²) < 4.78 is 11.3. The largest absolute Gasteiger partial charge is 0.495 e. The maximum Gasteiger partial charge on any atom is 0.231 e. The van der Waals surface area contributed by atoms with E-state index in [0.29, 0.717) is 9.47 Å². The molecule has 0 radical (unpaired) electrons. The Hall–Kier alpha value is -2.52. The molecule has 1 unspecified atom stereocenters. The van der Waals surface area contributed by atoms with Gasteiger partial charge in [0.05, 0.1) is 30.9 Å². The number of hydrogen-bond donors (Lipinski definition) is 2. The summed E-state index contributed by atoms with van der Waals surface area (Å²) in [7, 11) is 1.62. The molecule has 1 atom stereocenters. The molecule has 0 aliphatic carbocycles. The van der Waals surface area contributed by atoms with Crippen molar-refractivity contribution < 1.29 is 13.9 Å². The molecule has 0 saturated carbocycles. The van der Waals surface area contributed by atoms with Crippen molar-refractivity contribution in [2.24, 2.45) is 0 Å². The van der Waals surface area contributed by atoms with Crippen LogP contribution in [0.25, 0.3) is 0 Å². The Kier molecular flexibility index (Phi) is 6.13. The van der Waals surface area contributed by atoms with Crippen molar-refractivity contribution in [3.8, 4) is 5.75 Å². The number of aromatic nitrogens is 2. The molecule has 1 aromatic carbocycles. The SMILES string of the molecule is COc1ccccc1Nc1nnc(SCC(=O)NC(C)c2ccco2)s1. The molecule has 136 valence electrons. The predicted molar refractivity (Wildman–Crippen MR) is 102 cm³/mol. The topological polar surface area (TPSA) is 89.3 Å². The molecule has 3 aromatic rings. The Morgan fingerprint density at radius 3 is 2.92 bits per heavy atom. The number of methoxy groups -OCH3 is 1. The summed E-state index contributed by atoms with van der Waals surface area (Å²) in [5.41, 5.74) is 0.813. The highest BCUT2D eigenvalue weighted by molar-refractivity contribution is 8.01. The number of nitrogens with zero attached hydrogens (tertiary/aromatic N) is 2. The minimum absolute atomic E-state index is 0.0895. The first-order valence-electron chi connectivity index (χ1n) is 7.85. The molecule has 9 heteroatoms. The number of rotatable bonds is 8. The lowest BCUT2D eigenvalue weighted by Gasteiger charge is -2.10. The lowest BCUT2D eigenvalue weighted by molar-refractivity contribution is -0.119. The number of benzene rings is 1. The average Bonchev–Trinajstić information content (AvgIpc) is 3.32. The molecule has 1 amide bonds. The molecular weight excluding hydrogens is 372 g/mol. The Morgan fingerprint density at radius 1 is 1.31 bits per heavy atom. The molecule has 0 spiro atoms. The van der Waals surface area contributed by atoms with Gasteiger partial charge in [-0.05, 0) is 31.2 Å². The summed E-state index contributed by atoms with van der Waals surface area (Å²) in [5.74, 6) is 1.62. The fourth-order valence-corrected chi connectivity index (χ4v) is 3.78. The van der Waals surface area contributed by atoms with E-state index in [4.69, 9.17) is 9.15 Å². The quantitative estimate of drug-likeness (QED) is 0.565. The zero-order chi connectivity index (χ0) is 18.4. The maximum absolute atomic E-state index is 12.1. The van der Waals surface area contributed by atoms with Crippen LogP contribution in [-0.4, -0.2) is 29.0 Å². The highest BCUT2D eigenvalue weighted by Gasteiger charge is 2.14. The third-order valence-electron chi connectivity index (χ3n) is 3.43. The molecule has 2 N–H and O–H groups in total. The van der Waals surface area contributed by atoms with Crippen LogP contribution in [0.3, 0.4) is 0 Å². The molecule has 2 heterocycles. The van der Waals surface area contributed by atoms with E-state index in [1.54, 1.807) is 19.4 Å². The van der Waals surface area contributed by atoms with Gasteiger partial charge >= 0.3 is 0 Å². The van der Waals surface area contributed by atoms with E-state index in [0.717, 1.165) is 17.2 Å². The molecule has 3 rings (SSSR count). The Labute approximate surface area is 159 Å². The number of amides is 1. The molecule has 2 aromatic heterocycles. The van der Waals surface area contributed by atoms with Gasteiger partial charge in [0.1, 0.15) is 11.5 Å². The normalized spacial score (nSPS) is 11.8. The van der Waals surface area contributed by atoms with E-state index < -0.39 is 0 Å². The molecule has 7 nitrogen and oxygen atoms in total. The number of furan rings is 1. The van der Waals surface area contributed by atoms with Gasteiger partial charge in [-0.2, -0.15) is 0 Å². The summed E-state index contributed by atoms with van der Waals surface area (Å²) in [5, 5.41) is 14.9. The first kappa shape index (κ1) is 18.3. The summed E-state index contributed by atoms with van der Waals surface area (Å²) in [6.07, 6.45) is 1.59. The number of thioether (sulfide) groups is 1. The van der Waals surface area contributed by atoms with Gasteiger partial charge in [-0.25, -0.2) is 0 Å². The summed E-state index contributed by atoms with van der Waals surface area (Å²) in [6, 6.07) is 11.0. The Balaban J connectivity index is 1.51. The van der Waals surface area contributed by atoms with Crippen molar-refractivity contribution in [3.05, 3.63) is 48.4 Å². The van der Waals surface area contributed by atoms with Gasteiger partial charge in [-0.1, -0.05) is 35.2 Å². The second-order valence-corrected chi connectivity index (χ2v) is 7.49. The molecular formula is C17H18N4O3S2. The second kappa shape index (κ2) is 8.72. The molecule has 26 heavy (non-hydrogen) atoms. The van der Waals surface area contributed by atoms with Gasteiger partial charge in [0.15, 0.2) is 4.34 Å². The van der Waals surface area contributed by atoms with Crippen LogP contribution in [0.1, 0.15) is 18.7 Å². The number of hydrogen-bond acceptors (Lipinski definition) is 8. The standard InChI is InChI=1S/C17H18N4O3S2/c1-11(13-8-5-9-24-13)18-15(22)10-25-17-21-20-16(26-17)19-12-6-3-4-7-14(12)23-2/h3-9,11H,10H2,1-2H3,(H,18,22)(H,19,20). The minimum atomic E-state index is -0.171. The van der Waals surface area contributed by atoms with Crippen LogP contribution in [0.5, 0.6) is 5.75 Å². The van der Waals surface area contributed by atoms with Crippen LogP contribution in [0, 0.1) is 0 Å². The minimum Gasteiger partial charge on any atom is -0.495 e. The van der Waals surface area contributed by atoms with Crippen LogP contribution in [-0.2, 0) is 4.79 Å². The van der Waals surface area contributed by atoms with Crippen molar-refractivity contribution in [2.45, 2.75) is 17.3 Å². The molecule has 0 bridgehead atoms. The summed E-state index contributed by atoms with van der Waals surface area (Å²) in [6.45, 7) is 1.88. The van der Waals surface area contributed by atoms with E-state index in [9.17, 15) is 4.79 Å². The zero-order valence-corrected chi connectivity index (χ0v) is 15.9. The van der Waals surface area contributed by atoms with Crippen LogP contribution in [0.4, 0.5) is 10.8 Å². The Bertz CT molecular complexity index is 851. The molecule has 0 fully saturated rings. The van der Waals surface area contributed by atoms with Gasteiger partial charge in [0, 0.05) is 0 Å². The van der Waals surface area contributed by atoms with Gasteiger partial charge in [-0.15, -0.1) is 10.2 Å². The number of carbonyl (C=O) groups is 1. The van der Waals surface area contributed by atoms with Crippen LogP contribution in [0.2, 0.25) is 0 Å². The van der Waals surface area contributed by atoms with Crippen LogP contribution in [0.15, 0.2) is 51.4 Å². The van der Waals surface area contributed by atoms with Crippen molar-refractivity contribution in [2.75, 3.05) is 18.2 Å². The highest BCUT2D eigenvalue weighted by atomic mass is 32.2. The fraction of sp³-hybridized carbons (Fsp3) is 0.235. The second-order valence-electron chi connectivity index (χ2n) is 5.29. The molecule has 0 aliphatic rings. The first-order chi connectivity index (χ1) is 12.7. The maximum atomic E-state index is 12.1. The van der Waals surface area contributed by atoms with Crippen LogP contribution >= 0.6 is 23.1 Å². The average molecular weight is 390 g/mol. The monoisotopic (exact) mass is 390 g/mol. The predicted octanol–water partition coefficient (Wildman–Crippen LogP) is 3.85. The van der Waals surface area contributed by atoms with E-state index in [1.807, 2.05) is 37.3 Å². The van der Waals surface area contributed by atoms with Gasteiger partial charge in [0.25, 0.3) is 0 Å². The van der Waals surface area contributed by atoms with Crippen LogP contribution < -0.4 is 15.4 Å². The van der Waals surface area contributed by atoms with E-state index in [1.165, 1.54) is 23.1 Å². The molecule has 0 aliphatic heterocycles. The lowest BCUT2D eigenvalue weighted by atomic mass is 10.2. The van der Waals surface area contributed by atoms with Gasteiger partial charge < -0.3 is 19.8 Å². The smallest absolute Gasteiger partial charge is 0.231 e. The third kappa shape index (κ3) is 4.77. The van der Waals surface area contributed by atoms with Crippen molar-refractivity contribution in [1.29, 1.82) is 0 Å². The van der Waals surface area contributed by atoms with E-state index in [2.05, 4.69) is 20.8 Å². The summed E-state index contributed by atoms with van der Waals surface area (Å²) >= 11 is 2.72. The van der Waals surface area contributed by atoms with Gasteiger partial charge in [0.2, 0.25) is 11.0 Å². The van der Waals surface area contributed by atoms with Gasteiger partial charge in [-0.3, -0.25) is 4.79 Å². The molecule has 0 saturated heterocycles. The number of nitrogens with one attached hydrogen (secondary N) is 2. The lowest BCUT2D eigenvalue weighted by Crippen LogP contribution is -2.27. The fourth-order valence-electron chi connectivity index (χ4n) is 2.20. The number of ether oxygens (including phenoxy) is 1. The van der Waals surface area contributed by atoms with E-state index >= 15 is 0 Å².